The first-order chi connectivity index (χ1) is 4.22. The molecule has 0 atom stereocenters. The average Bonchev–Trinajstić information content (AvgIpc) is 1.87. The number of halogens is 1. The largest absolute Gasteiger partial charge is 0.261 e. The first-order valence-electron chi connectivity index (χ1n) is 2.64. The van der Waals surface area contributed by atoms with E-state index in [2.05, 4.69) is 11.6 Å². The van der Waals surface area contributed by atoms with Gasteiger partial charge in [0, 0.05) is 12.6 Å². The molecule has 0 aromatic rings. The van der Waals surface area contributed by atoms with E-state index in [1.807, 2.05) is 0 Å². The van der Waals surface area contributed by atoms with Crippen LogP contribution in [0.1, 0.15) is 6.92 Å². The monoisotopic (exact) mass is 127 g/mol. The van der Waals surface area contributed by atoms with E-state index in [0.717, 1.165) is 0 Å². The van der Waals surface area contributed by atoms with E-state index in [0.29, 0.717) is 5.57 Å². The van der Waals surface area contributed by atoms with Gasteiger partial charge < -0.3 is 0 Å². The van der Waals surface area contributed by atoms with Crippen LogP contribution in [0, 0.1) is 0 Å². The molecule has 1 nitrogen and oxygen atoms in total. The Morgan fingerprint density at radius 3 is 2.56 bits per heavy atom. The lowest BCUT2D eigenvalue weighted by Crippen LogP contribution is -1.88. The van der Waals surface area contributed by atoms with Crippen molar-refractivity contribution in [2.24, 2.45) is 4.99 Å². The van der Waals surface area contributed by atoms with Crippen molar-refractivity contribution in [2.75, 3.05) is 7.05 Å². The summed E-state index contributed by atoms with van der Waals surface area (Å²) < 4.78 is 12.3. The highest BCUT2D eigenvalue weighted by Crippen LogP contribution is 1.97. The van der Waals surface area contributed by atoms with Crippen LogP contribution in [-0.2, 0) is 0 Å². The van der Waals surface area contributed by atoms with Crippen molar-refractivity contribution in [1.82, 2.24) is 0 Å². The van der Waals surface area contributed by atoms with Gasteiger partial charge in [0.15, 0.2) is 0 Å². The summed E-state index contributed by atoms with van der Waals surface area (Å²) in [4.78, 5) is 3.34. The molecule has 0 heterocycles. The van der Waals surface area contributed by atoms with Crippen molar-refractivity contribution in [3.63, 3.8) is 0 Å². The van der Waals surface area contributed by atoms with Crippen LogP contribution < -0.4 is 0 Å². The molecule has 0 radical (unpaired) electrons. The molecule has 0 aliphatic carbocycles. The van der Waals surface area contributed by atoms with Crippen LogP contribution in [0.15, 0.2) is 29.3 Å². The summed E-state index contributed by atoms with van der Waals surface area (Å²) in [6, 6.07) is 0. The van der Waals surface area contributed by atoms with E-state index < -0.39 is 5.97 Å². The van der Waals surface area contributed by atoms with Crippen LogP contribution in [0.5, 0.6) is 0 Å². The SMILES string of the molecule is C=C/C=C(/C)C(F)=NC. The zero-order valence-corrected chi connectivity index (χ0v) is 5.69. The summed E-state index contributed by atoms with van der Waals surface area (Å²) in [5, 5.41) is 0. The van der Waals surface area contributed by atoms with Crippen molar-refractivity contribution in [1.29, 1.82) is 0 Å². The van der Waals surface area contributed by atoms with E-state index in [1.54, 1.807) is 13.0 Å². The average molecular weight is 127 g/mol. The third-order valence-electron chi connectivity index (χ3n) is 0.890. The molecule has 0 aliphatic heterocycles. The predicted octanol–water partition coefficient (Wildman–Crippen LogP) is 2.12. The first kappa shape index (κ1) is 8.08. The smallest absolute Gasteiger partial charge is 0.210 e. The zero-order chi connectivity index (χ0) is 7.28. The number of aliphatic imine (C=N–C) groups is 1. The first-order valence-corrected chi connectivity index (χ1v) is 2.64. The number of hydrogen-bond acceptors (Lipinski definition) is 1. The summed E-state index contributed by atoms with van der Waals surface area (Å²) in [6.45, 7) is 5.06. The van der Waals surface area contributed by atoms with Crippen LogP contribution in [-0.4, -0.2) is 13.0 Å². The molecule has 0 unspecified atom stereocenters. The minimum Gasteiger partial charge on any atom is -0.261 e. The van der Waals surface area contributed by atoms with E-state index in [4.69, 9.17) is 0 Å². The third kappa shape index (κ3) is 2.80. The van der Waals surface area contributed by atoms with Gasteiger partial charge in [-0.25, -0.2) is 0 Å². The molecule has 2 heteroatoms. The Morgan fingerprint density at radius 2 is 2.22 bits per heavy atom. The van der Waals surface area contributed by atoms with Crippen LogP contribution in [0.4, 0.5) is 4.39 Å². The number of hydrogen-bond donors (Lipinski definition) is 0. The minimum absolute atomic E-state index is 0.435. The topological polar surface area (TPSA) is 12.4 Å². The lowest BCUT2D eigenvalue weighted by atomic mass is 10.3. The Kier molecular flexibility index (Phi) is 3.60. The fourth-order valence-corrected chi connectivity index (χ4v) is 0.422. The van der Waals surface area contributed by atoms with Crippen molar-refractivity contribution < 1.29 is 4.39 Å². The molecule has 9 heavy (non-hydrogen) atoms. The number of nitrogens with zero attached hydrogens (tertiary/aromatic N) is 1. The molecule has 0 aromatic carbocycles. The van der Waals surface area contributed by atoms with Crippen LogP contribution in [0.3, 0.4) is 0 Å². The van der Waals surface area contributed by atoms with Gasteiger partial charge in [-0.1, -0.05) is 18.7 Å². The molecule has 0 fully saturated rings. The molecule has 0 aromatic heterocycles. The van der Waals surface area contributed by atoms with Crippen LogP contribution in [0.2, 0.25) is 0 Å². The standard InChI is InChI=1S/C7H10FN/c1-4-5-6(2)7(8)9-3/h4-5H,1H2,2-3H3/b6-5-,9-7?. The number of allylic oxidation sites excluding steroid dienone is 3. The van der Waals surface area contributed by atoms with E-state index in [1.165, 1.54) is 13.1 Å². The Balaban J connectivity index is 4.19. The minimum atomic E-state index is -0.435. The van der Waals surface area contributed by atoms with E-state index >= 15 is 0 Å². The third-order valence-corrected chi connectivity index (χ3v) is 0.890. The molecule has 0 N–H and O–H groups in total. The highest BCUT2D eigenvalue weighted by atomic mass is 19.1. The molecule has 0 amide bonds. The Hall–Kier alpha value is -0.920. The second kappa shape index (κ2) is 4.01. The summed E-state index contributed by atoms with van der Waals surface area (Å²) >= 11 is 0. The number of rotatable bonds is 2. The summed E-state index contributed by atoms with van der Waals surface area (Å²) in [5.74, 6) is -0.435. The Morgan fingerprint density at radius 1 is 1.67 bits per heavy atom. The van der Waals surface area contributed by atoms with Gasteiger partial charge in [-0.15, -0.1) is 0 Å². The fraction of sp³-hybridized carbons (Fsp3) is 0.286. The van der Waals surface area contributed by atoms with Gasteiger partial charge in [-0.3, -0.25) is 4.99 Å². The van der Waals surface area contributed by atoms with Gasteiger partial charge in [0.25, 0.3) is 0 Å². The maximum Gasteiger partial charge on any atom is 0.210 e. The molecule has 0 rings (SSSR count). The molecule has 0 saturated carbocycles. The van der Waals surface area contributed by atoms with Gasteiger partial charge in [0.1, 0.15) is 0 Å². The fourth-order valence-electron chi connectivity index (χ4n) is 0.422. The van der Waals surface area contributed by atoms with E-state index in [-0.39, 0.29) is 0 Å². The van der Waals surface area contributed by atoms with Gasteiger partial charge >= 0.3 is 0 Å². The quantitative estimate of drug-likeness (QED) is 0.398. The Labute approximate surface area is 54.6 Å². The second-order valence-corrected chi connectivity index (χ2v) is 1.60. The van der Waals surface area contributed by atoms with E-state index in [9.17, 15) is 4.39 Å². The van der Waals surface area contributed by atoms with Crippen molar-refractivity contribution in [2.45, 2.75) is 6.92 Å². The normalized spacial score (nSPS) is 13.7. The maximum atomic E-state index is 12.3. The van der Waals surface area contributed by atoms with Crippen molar-refractivity contribution in [3.8, 4) is 0 Å². The van der Waals surface area contributed by atoms with Crippen molar-refractivity contribution in [3.05, 3.63) is 24.3 Å². The van der Waals surface area contributed by atoms with Gasteiger partial charge in [0.05, 0.1) is 0 Å². The zero-order valence-electron chi connectivity index (χ0n) is 5.69. The maximum absolute atomic E-state index is 12.3. The van der Waals surface area contributed by atoms with Crippen LogP contribution in [0.25, 0.3) is 0 Å². The molecular formula is C7H10FN. The lowest BCUT2D eigenvalue weighted by Gasteiger charge is -1.89. The molecule has 0 bridgehead atoms. The predicted molar refractivity (Wildman–Crippen MR) is 38.4 cm³/mol. The van der Waals surface area contributed by atoms with Crippen molar-refractivity contribution >= 4 is 5.97 Å². The summed E-state index contributed by atoms with van der Waals surface area (Å²) in [6.07, 6.45) is 3.10. The summed E-state index contributed by atoms with van der Waals surface area (Å²) in [7, 11) is 1.41. The van der Waals surface area contributed by atoms with Gasteiger partial charge in [0.2, 0.25) is 5.97 Å². The summed E-state index contributed by atoms with van der Waals surface area (Å²) in [5.41, 5.74) is 0.507. The van der Waals surface area contributed by atoms with Crippen LogP contribution >= 0.6 is 0 Å². The molecule has 0 saturated heterocycles. The highest BCUT2D eigenvalue weighted by molar-refractivity contribution is 5.92. The highest BCUT2D eigenvalue weighted by Gasteiger charge is 1.93. The molecule has 0 spiro atoms. The van der Waals surface area contributed by atoms with Gasteiger partial charge in [-0.05, 0) is 6.92 Å². The van der Waals surface area contributed by atoms with Gasteiger partial charge in [-0.2, -0.15) is 4.39 Å². The molecule has 50 valence electrons. The molecular weight excluding hydrogens is 117 g/mol. The lowest BCUT2D eigenvalue weighted by molar-refractivity contribution is 0.799. The Bertz CT molecular complexity index is 156. The molecule has 0 aliphatic rings. The second-order valence-electron chi connectivity index (χ2n) is 1.60.